The Morgan fingerprint density at radius 1 is 0.274 bits per heavy atom. The van der Waals surface area contributed by atoms with Crippen molar-refractivity contribution in [3.63, 3.8) is 0 Å². The Bertz CT molecular complexity index is 5670. The maximum Gasteiger partial charge on any atom is 0.335 e. The van der Waals surface area contributed by atoms with E-state index in [1.165, 1.54) is 66.8 Å². The molecule has 0 heterocycles. The van der Waals surface area contributed by atoms with Crippen molar-refractivity contribution in [1.82, 2.24) is 0 Å². The summed E-state index contributed by atoms with van der Waals surface area (Å²) in [5.74, 6) is 0. The predicted octanol–water partition coefficient (Wildman–Crippen LogP) is 33.7. The van der Waals surface area contributed by atoms with Crippen molar-refractivity contribution in [2.75, 3.05) is 33.6 Å². The first-order chi connectivity index (χ1) is 60.1. The van der Waals surface area contributed by atoms with E-state index in [1.54, 1.807) is 0 Å². The van der Waals surface area contributed by atoms with Gasteiger partial charge in [-0.2, -0.15) is 0 Å². The van der Waals surface area contributed by atoms with Crippen LogP contribution in [-0.4, -0.2) is 19.5 Å². The Morgan fingerprint density at radius 3 is 0.766 bits per heavy atom. The Labute approximate surface area is 751 Å². The van der Waals surface area contributed by atoms with Crippen LogP contribution in [0.2, 0.25) is 0 Å². The number of halogens is 2. The van der Waals surface area contributed by atoms with Gasteiger partial charge in [0.1, 0.15) is 6.29 Å². The van der Waals surface area contributed by atoms with Gasteiger partial charge in [-0.1, -0.05) is 365 Å². The molecular weight excluding hydrogens is 1670 g/mol. The van der Waals surface area contributed by atoms with Crippen molar-refractivity contribution in [2.45, 2.75) is 55.1 Å². The molecule has 0 aliphatic carbocycles. The van der Waals surface area contributed by atoms with Crippen LogP contribution in [0, 0.1) is 27.7 Å². The van der Waals surface area contributed by atoms with Crippen molar-refractivity contribution in [1.29, 1.82) is 0 Å². The molecule has 16 rings (SSSR count). The van der Waals surface area contributed by atoms with E-state index in [0.29, 0.717) is 19.4 Å². The molecule has 0 atom stereocenters. The van der Waals surface area contributed by atoms with Crippen molar-refractivity contribution in [3.05, 3.63) is 488 Å². The topological polar surface area (TPSA) is 83.1 Å². The first-order valence-corrected chi connectivity index (χ1v) is 44.5. The zero-order valence-electron chi connectivity index (χ0n) is 70.2. The summed E-state index contributed by atoms with van der Waals surface area (Å²) < 4.78 is 24.8. The molecule has 8 nitrogen and oxygen atoms in total. The molecule has 16 aromatic rings. The van der Waals surface area contributed by atoms with Gasteiger partial charge < -0.3 is 29.5 Å². The number of nitrogens with zero attached hydrogens (tertiary/aromatic N) is 2. The molecule has 124 heavy (non-hydrogen) atoms. The summed E-state index contributed by atoms with van der Waals surface area (Å²) in [6, 6.07) is 143. The van der Waals surface area contributed by atoms with Gasteiger partial charge >= 0.3 is 7.60 Å². The van der Waals surface area contributed by atoms with Crippen LogP contribution >= 0.6 is 39.5 Å². The number of rotatable bonds is 25. The van der Waals surface area contributed by atoms with Gasteiger partial charge in [-0.15, -0.1) is 0 Å². The third-order valence-electron chi connectivity index (χ3n) is 19.8. The van der Waals surface area contributed by atoms with E-state index in [4.69, 9.17) is 9.05 Å². The number of aldehydes is 1. The Morgan fingerprint density at radius 2 is 0.492 bits per heavy atom. The molecule has 0 amide bonds. The maximum absolute atomic E-state index is 12.2. The lowest BCUT2D eigenvalue weighted by atomic mass is 10.0. The molecule has 0 saturated carbocycles. The van der Waals surface area contributed by atoms with E-state index >= 15 is 0 Å². The van der Waals surface area contributed by atoms with Gasteiger partial charge in [-0.25, -0.2) is 0 Å². The van der Waals surface area contributed by atoms with Gasteiger partial charge in [-0.3, -0.25) is 9.36 Å². The molecule has 2 N–H and O–H groups in total. The lowest BCUT2D eigenvalue weighted by Gasteiger charge is -2.26. The number of hydrogen-bond acceptors (Lipinski definition) is 8. The van der Waals surface area contributed by atoms with E-state index in [-0.39, 0.29) is 7.43 Å². The number of para-hydroxylation sites is 4. The maximum atomic E-state index is 12.2. The zero-order valence-corrected chi connectivity index (χ0v) is 74.2. The molecule has 620 valence electrons. The number of carbonyl (C=O) groups is 1. The van der Waals surface area contributed by atoms with Crippen LogP contribution in [-0.2, 0) is 19.8 Å². The molecule has 0 fully saturated rings. The summed E-state index contributed by atoms with van der Waals surface area (Å²) in [6.07, 6.45) is 14.1. The Balaban J connectivity index is 0.000000179. The van der Waals surface area contributed by atoms with Crippen LogP contribution in [0.4, 0.5) is 56.9 Å². The molecule has 11 heteroatoms. The molecule has 0 aliphatic rings. The van der Waals surface area contributed by atoms with Crippen molar-refractivity contribution < 1.29 is 18.4 Å². The highest BCUT2D eigenvalue weighted by Gasteiger charge is 2.24. The minimum Gasteiger partial charge on any atom is -0.356 e. The van der Waals surface area contributed by atoms with Gasteiger partial charge in [0, 0.05) is 71.4 Å². The second-order valence-electron chi connectivity index (χ2n) is 29.3. The molecule has 0 aliphatic heterocycles. The molecule has 0 aromatic heterocycles. The fourth-order valence-electron chi connectivity index (χ4n) is 13.2. The number of anilines is 10. The highest BCUT2D eigenvalue weighted by Crippen LogP contribution is 2.51. The lowest BCUT2D eigenvalue weighted by molar-refractivity contribution is 0.112. The molecule has 0 spiro atoms. The van der Waals surface area contributed by atoms with Crippen molar-refractivity contribution in [3.8, 4) is 22.3 Å². The minimum atomic E-state index is -2.97. The van der Waals surface area contributed by atoms with Crippen LogP contribution in [0.1, 0.15) is 92.8 Å². The van der Waals surface area contributed by atoms with E-state index in [9.17, 15) is 9.36 Å². The van der Waals surface area contributed by atoms with E-state index in [0.717, 1.165) is 94.4 Å². The number of carbonyl (C=O) groups excluding carboxylic acids is 1. The number of hydrogen-bond donors (Lipinski definition) is 2. The fourth-order valence-corrected chi connectivity index (χ4v) is 15.4. The fraction of sp³-hybridized carbons (Fsp3) is 0.0885. The Kier molecular flexibility index (Phi) is 35.3. The monoisotopic (exact) mass is 1770 g/mol. The third kappa shape index (κ3) is 29.0. The van der Waals surface area contributed by atoms with Gasteiger partial charge in [0.25, 0.3) is 0 Å². The number of aryl methyl sites for hydroxylation is 4. The summed E-state index contributed by atoms with van der Waals surface area (Å²) in [6.45, 7) is 12.7. The largest absolute Gasteiger partial charge is 0.356 e. The first kappa shape index (κ1) is 91.5. The van der Waals surface area contributed by atoms with Crippen molar-refractivity contribution in [2.24, 2.45) is 0 Å². The van der Waals surface area contributed by atoms with Crippen LogP contribution in [0.3, 0.4) is 0 Å². The second-order valence-corrected chi connectivity index (χ2v) is 33.2. The normalized spacial score (nSPS) is 10.8. The predicted molar refractivity (Wildman–Crippen MR) is 539 cm³/mol. The SMILES string of the molecule is C.CCOP(=O)(Cc1ccc(Br)cc1)OCC.Cc1ccc(/C=C/c2ccc(Br)cc2)cc1.Cc1ccc(/C=C/c2ccc(N(c3ccccc3)c3ccc(-c4ccc(N(c5ccccc5)c5ccc(/C=C/c6ccc(C)cc6)cc5)cc4)cc3)cc2)cc1.Cc1ccc(C=O)cc1.c1ccc(Nc2ccc(-c3ccc(Nc4ccccc4)cc3)cc2)cc1. The van der Waals surface area contributed by atoms with Crippen LogP contribution in [0.25, 0.3) is 58.7 Å². The lowest BCUT2D eigenvalue weighted by Crippen LogP contribution is -2.10. The molecule has 0 saturated heterocycles. The van der Waals surface area contributed by atoms with E-state index in [2.05, 4.69) is 437 Å². The van der Waals surface area contributed by atoms with E-state index < -0.39 is 7.60 Å². The summed E-state index contributed by atoms with van der Waals surface area (Å²) in [7, 11) is -2.97. The van der Waals surface area contributed by atoms with Gasteiger partial charge in [0.15, 0.2) is 0 Å². The van der Waals surface area contributed by atoms with Crippen molar-refractivity contribution >= 4 is 139 Å². The van der Waals surface area contributed by atoms with Crippen LogP contribution < -0.4 is 20.4 Å². The van der Waals surface area contributed by atoms with Gasteiger partial charge in [0.2, 0.25) is 0 Å². The van der Waals surface area contributed by atoms with Gasteiger partial charge in [-0.05, 0) is 248 Å². The second kappa shape index (κ2) is 47.8. The van der Waals surface area contributed by atoms with Crippen LogP contribution in [0.5, 0.6) is 0 Å². The molecule has 0 bridgehead atoms. The summed E-state index contributed by atoms with van der Waals surface area (Å²) in [5.41, 5.74) is 29.6. The summed E-state index contributed by atoms with van der Waals surface area (Å²) in [5, 5.41) is 6.82. The van der Waals surface area contributed by atoms with Gasteiger partial charge in [0.05, 0.1) is 19.4 Å². The molecule has 0 unspecified atom stereocenters. The van der Waals surface area contributed by atoms with E-state index in [1.807, 2.05) is 106 Å². The smallest absolute Gasteiger partial charge is 0.335 e. The molecular formula is C113H105Br2N4O4P. The average molecular weight is 1770 g/mol. The Hall–Kier alpha value is -13.3. The zero-order chi connectivity index (χ0) is 85.8. The van der Waals surface area contributed by atoms with Crippen LogP contribution in [0.15, 0.2) is 421 Å². The quantitative estimate of drug-likeness (QED) is 0.0333. The number of nitrogens with one attached hydrogen (secondary N) is 2. The minimum absolute atomic E-state index is 0. The third-order valence-corrected chi connectivity index (χ3v) is 22.9. The highest BCUT2D eigenvalue weighted by atomic mass is 79.9. The summed E-state index contributed by atoms with van der Waals surface area (Å²) >= 11 is 6.78. The summed E-state index contributed by atoms with van der Waals surface area (Å²) in [4.78, 5) is 14.7. The average Bonchev–Trinajstić information content (AvgIpc) is 0.799. The molecule has 16 aromatic carbocycles. The highest BCUT2D eigenvalue weighted by molar-refractivity contribution is 9.10. The standard InChI is InChI=1S/C54H44N2.C24H20N2.C15H13Br.C11H16BrO3P.C8H8O.CH4/c1-41-13-17-43(18-14-41)21-23-45-25-33-51(34-26-45)55(49-9-5-3-6-10-49)53-37-29-47(30-38-53)48-31-39-54(40-32-48)56(50-11-7-4-8-12-50)52-35-27-46(28-36-52)24-22-44-19-15-42(2)16-20-44;1-3-7-21(8-4-1)25-23-15-11-19(12-16-23)20-13-17-24(18-14-20)26-22-9-5-2-6-10-22;1-12-2-4-13(5-3-12)6-7-14-8-10-15(16)11-9-14;1-3-14-16(13,15-4-2)9-10-5-7-11(12)8-6-10;1-7-2-4-8(6-9)5-3-7;/h3-40H,1-2H3;1-18,25-26H;2-11H,1H3;5-8H,3-4,9H2,1-2H3;2-6H,1H3;1H4/b23-21+,24-22+;;7-6+;;;. The molecule has 0 radical (unpaired) electrons. The number of benzene rings is 16. The first-order valence-electron chi connectivity index (χ1n) is 41.2.